The van der Waals surface area contributed by atoms with Crippen molar-refractivity contribution in [2.75, 3.05) is 0 Å². The van der Waals surface area contributed by atoms with E-state index in [9.17, 15) is 15.3 Å². The number of allylic oxidation sites excluding steroid dienone is 3. The van der Waals surface area contributed by atoms with E-state index < -0.39 is 12.2 Å². The molecule has 0 heterocycles. The molecule has 24 heavy (non-hydrogen) atoms. The number of hydrogen-bond acceptors (Lipinski definition) is 3. The topological polar surface area (TPSA) is 60.7 Å². The summed E-state index contributed by atoms with van der Waals surface area (Å²) in [6, 6.07) is 0. The van der Waals surface area contributed by atoms with Gasteiger partial charge in [0.15, 0.2) is 0 Å². The molecule has 0 aromatic carbocycles. The lowest BCUT2D eigenvalue weighted by Crippen LogP contribution is -2.26. The van der Waals surface area contributed by atoms with E-state index in [1.807, 2.05) is 19.1 Å². The molecule has 138 valence electrons. The number of unbranched alkanes of at least 4 members (excludes halogenated alkanes) is 1. The molecule has 3 heteroatoms. The summed E-state index contributed by atoms with van der Waals surface area (Å²) < 4.78 is 0. The molecule has 1 fully saturated rings. The summed E-state index contributed by atoms with van der Waals surface area (Å²) in [5.74, 6) is 0. The summed E-state index contributed by atoms with van der Waals surface area (Å²) in [6.07, 6.45) is 12.3. The molecular formula is C21H36O3. The minimum atomic E-state index is -0.615. The van der Waals surface area contributed by atoms with Crippen LogP contribution in [0.25, 0.3) is 0 Å². The van der Waals surface area contributed by atoms with Crippen LogP contribution in [0.2, 0.25) is 0 Å². The molecule has 0 saturated heterocycles. The highest BCUT2D eigenvalue weighted by Crippen LogP contribution is 2.30. The maximum absolute atomic E-state index is 9.81. The average Bonchev–Trinajstić information content (AvgIpc) is 2.46. The molecule has 0 aromatic heterocycles. The Morgan fingerprint density at radius 3 is 2.58 bits per heavy atom. The average molecular weight is 337 g/mol. The van der Waals surface area contributed by atoms with E-state index in [0.717, 1.165) is 43.3 Å². The van der Waals surface area contributed by atoms with Gasteiger partial charge in [-0.25, -0.2) is 0 Å². The molecule has 3 nitrogen and oxygen atoms in total. The summed E-state index contributed by atoms with van der Waals surface area (Å²) in [4.78, 5) is 0. The van der Waals surface area contributed by atoms with E-state index in [1.54, 1.807) is 0 Å². The number of aliphatic hydroxyl groups is 3. The highest BCUT2D eigenvalue weighted by molar-refractivity contribution is 5.37. The van der Waals surface area contributed by atoms with Crippen molar-refractivity contribution in [1.82, 2.24) is 0 Å². The fourth-order valence-electron chi connectivity index (χ4n) is 3.24. The molecule has 0 amide bonds. The van der Waals surface area contributed by atoms with Gasteiger partial charge in [0.1, 0.15) is 0 Å². The largest absolute Gasteiger partial charge is 0.393 e. The van der Waals surface area contributed by atoms with Crippen LogP contribution < -0.4 is 0 Å². The zero-order chi connectivity index (χ0) is 18.2. The summed E-state index contributed by atoms with van der Waals surface area (Å²) >= 11 is 0. The first-order valence-electron chi connectivity index (χ1n) is 9.30. The quantitative estimate of drug-likeness (QED) is 0.551. The second-order valence-electron chi connectivity index (χ2n) is 8.05. The predicted molar refractivity (Wildman–Crippen MR) is 101 cm³/mol. The van der Waals surface area contributed by atoms with Crippen molar-refractivity contribution in [2.45, 2.75) is 90.4 Å². The third-order valence-electron chi connectivity index (χ3n) is 4.90. The van der Waals surface area contributed by atoms with Gasteiger partial charge in [0, 0.05) is 6.42 Å². The van der Waals surface area contributed by atoms with E-state index >= 15 is 0 Å². The van der Waals surface area contributed by atoms with Crippen LogP contribution in [0.5, 0.6) is 0 Å². The first kappa shape index (κ1) is 21.1. The van der Waals surface area contributed by atoms with Crippen LogP contribution in [0.1, 0.15) is 72.1 Å². The van der Waals surface area contributed by atoms with E-state index in [0.29, 0.717) is 18.3 Å². The Labute approximate surface area is 147 Å². The third-order valence-corrected chi connectivity index (χ3v) is 4.90. The predicted octanol–water partition coefficient (Wildman–Crippen LogP) is 4.29. The van der Waals surface area contributed by atoms with Crippen molar-refractivity contribution >= 4 is 0 Å². The van der Waals surface area contributed by atoms with Gasteiger partial charge < -0.3 is 15.3 Å². The van der Waals surface area contributed by atoms with Crippen LogP contribution in [0.4, 0.5) is 0 Å². The third kappa shape index (κ3) is 8.27. The van der Waals surface area contributed by atoms with E-state index in [4.69, 9.17) is 0 Å². The molecular weight excluding hydrogens is 300 g/mol. The lowest BCUT2D eigenvalue weighted by Gasteiger charge is -2.26. The van der Waals surface area contributed by atoms with Crippen LogP contribution >= 0.6 is 0 Å². The van der Waals surface area contributed by atoms with Crippen molar-refractivity contribution < 1.29 is 15.3 Å². The van der Waals surface area contributed by atoms with Gasteiger partial charge >= 0.3 is 0 Å². The summed E-state index contributed by atoms with van der Waals surface area (Å²) in [6.45, 7) is 10.4. The highest BCUT2D eigenvalue weighted by atomic mass is 16.3. The van der Waals surface area contributed by atoms with Crippen molar-refractivity contribution in [3.05, 3.63) is 36.0 Å². The Morgan fingerprint density at radius 2 is 1.92 bits per heavy atom. The Balaban J connectivity index is 2.30. The van der Waals surface area contributed by atoms with Gasteiger partial charge in [0.25, 0.3) is 0 Å². The summed E-state index contributed by atoms with van der Waals surface area (Å²) in [5, 5.41) is 28.9. The zero-order valence-electron chi connectivity index (χ0n) is 15.7. The van der Waals surface area contributed by atoms with Crippen LogP contribution in [0.3, 0.4) is 0 Å². The molecule has 0 aliphatic heterocycles. The highest BCUT2D eigenvalue weighted by Gasteiger charge is 2.24. The molecule has 1 aliphatic carbocycles. The molecule has 0 bridgehead atoms. The van der Waals surface area contributed by atoms with Gasteiger partial charge in [-0.05, 0) is 62.0 Å². The molecule has 0 radical (unpaired) electrons. The summed E-state index contributed by atoms with van der Waals surface area (Å²) in [5.41, 5.74) is 2.02. The standard InChI is InChI=1S/C21H36O3/c1-16(22)10-9-13-21(3,4)12-8-6-5-7-11-18-14-19(23)15-20(24)17(18)2/h5,7,11,16,19-20,22-24H,2,6,8-10,12-15H2,1,3-4H3/b7-5+,18-11-. The molecule has 1 saturated carbocycles. The lowest BCUT2D eigenvalue weighted by atomic mass is 9.82. The fourth-order valence-corrected chi connectivity index (χ4v) is 3.24. The van der Waals surface area contributed by atoms with Gasteiger partial charge in [0.05, 0.1) is 18.3 Å². The molecule has 0 spiro atoms. The van der Waals surface area contributed by atoms with E-state index in [-0.39, 0.29) is 6.10 Å². The Kier molecular flexibility index (Phi) is 8.96. The maximum Gasteiger partial charge on any atom is 0.0811 e. The van der Waals surface area contributed by atoms with Crippen LogP contribution in [-0.4, -0.2) is 33.6 Å². The van der Waals surface area contributed by atoms with Gasteiger partial charge in [-0.1, -0.05) is 45.1 Å². The molecule has 0 aromatic rings. The fraction of sp³-hybridized carbons (Fsp3) is 0.714. The van der Waals surface area contributed by atoms with Crippen LogP contribution in [-0.2, 0) is 0 Å². The Hall–Kier alpha value is -0.900. The van der Waals surface area contributed by atoms with Crippen molar-refractivity contribution in [1.29, 1.82) is 0 Å². The van der Waals surface area contributed by atoms with Gasteiger partial charge in [-0.2, -0.15) is 0 Å². The van der Waals surface area contributed by atoms with E-state index in [2.05, 4.69) is 26.5 Å². The monoisotopic (exact) mass is 336 g/mol. The second kappa shape index (κ2) is 10.2. The molecule has 3 N–H and O–H groups in total. The zero-order valence-corrected chi connectivity index (χ0v) is 15.7. The van der Waals surface area contributed by atoms with Gasteiger partial charge in [0.2, 0.25) is 0 Å². The molecule has 1 rings (SSSR count). The first-order chi connectivity index (χ1) is 11.2. The second-order valence-corrected chi connectivity index (χ2v) is 8.05. The smallest absolute Gasteiger partial charge is 0.0811 e. The number of rotatable bonds is 9. The Bertz CT molecular complexity index is 446. The van der Waals surface area contributed by atoms with Crippen molar-refractivity contribution in [2.24, 2.45) is 5.41 Å². The molecule has 3 atom stereocenters. The maximum atomic E-state index is 9.81. The molecule has 1 aliphatic rings. The first-order valence-corrected chi connectivity index (χ1v) is 9.30. The van der Waals surface area contributed by atoms with Crippen molar-refractivity contribution in [3.63, 3.8) is 0 Å². The lowest BCUT2D eigenvalue weighted by molar-refractivity contribution is 0.0862. The van der Waals surface area contributed by atoms with Crippen LogP contribution in [0, 0.1) is 5.41 Å². The van der Waals surface area contributed by atoms with E-state index in [1.165, 1.54) is 6.42 Å². The summed E-state index contributed by atoms with van der Waals surface area (Å²) in [7, 11) is 0. The van der Waals surface area contributed by atoms with Crippen molar-refractivity contribution in [3.8, 4) is 0 Å². The van der Waals surface area contributed by atoms with Gasteiger partial charge in [-0.15, -0.1) is 0 Å². The Morgan fingerprint density at radius 1 is 1.25 bits per heavy atom. The minimum Gasteiger partial charge on any atom is -0.393 e. The number of hydrogen-bond donors (Lipinski definition) is 3. The normalized spacial score (nSPS) is 25.6. The number of aliphatic hydroxyl groups excluding tert-OH is 3. The van der Waals surface area contributed by atoms with Gasteiger partial charge in [-0.3, -0.25) is 0 Å². The minimum absolute atomic E-state index is 0.191. The van der Waals surface area contributed by atoms with Crippen LogP contribution in [0.15, 0.2) is 36.0 Å². The molecule has 3 unspecified atom stereocenters. The SMILES string of the molecule is C=C1/C(=C\C=C\CCCC(C)(C)CCCC(C)O)CC(O)CC1O.